The summed E-state index contributed by atoms with van der Waals surface area (Å²) < 4.78 is 4.95. The van der Waals surface area contributed by atoms with Gasteiger partial charge in [0.1, 0.15) is 0 Å². The Morgan fingerprint density at radius 2 is 2.30 bits per heavy atom. The highest BCUT2D eigenvalue weighted by Crippen LogP contribution is 1.93. The van der Waals surface area contributed by atoms with Crippen LogP contribution in [0.4, 0.5) is 0 Å². The fourth-order valence-electron chi connectivity index (χ4n) is 0.750. The lowest BCUT2D eigenvalue weighted by atomic mass is 10.2. The van der Waals surface area contributed by atoms with Crippen LogP contribution in [0.2, 0.25) is 0 Å². The minimum absolute atomic E-state index is 0.754. The van der Waals surface area contributed by atoms with Gasteiger partial charge in [0.15, 0.2) is 0 Å². The fourth-order valence-corrected chi connectivity index (χ4v) is 0.750. The number of ether oxygens (including phenoxy) is 1. The van der Waals surface area contributed by atoms with Gasteiger partial charge in [-0.1, -0.05) is 11.6 Å². The van der Waals surface area contributed by atoms with E-state index in [0.29, 0.717) is 0 Å². The van der Waals surface area contributed by atoms with E-state index in [9.17, 15) is 0 Å². The lowest BCUT2D eigenvalue weighted by Crippen LogP contribution is -2.06. The zero-order chi connectivity index (χ0) is 7.82. The van der Waals surface area contributed by atoms with Crippen LogP contribution in [0.15, 0.2) is 11.6 Å². The maximum absolute atomic E-state index is 4.95. The Kier molecular flexibility index (Phi) is 6.55. The summed E-state index contributed by atoms with van der Waals surface area (Å²) in [6.45, 7) is 3.88. The first-order valence-electron chi connectivity index (χ1n) is 3.60. The Balaban J connectivity index is 3.28. The van der Waals surface area contributed by atoms with E-state index in [-0.39, 0.29) is 0 Å². The number of rotatable bonds is 5. The molecule has 0 fully saturated rings. The van der Waals surface area contributed by atoms with Crippen LogP contribution in [0.5, 0.6) is 0 Å². The molecule has 0 unspecified atom stereocenters. The summed E-state index contributed by atoms with van der Waals surface area (Å²) in [4.78, 5) is 0. The number of nitrogens with one attached hydrogen (secondary N) is 1. The van der Waals surface area contributed by atoms with Gasteiger partial charge in [-0.25, -0.2) is 0 Å². The molecule has 0 aromatic rings. The van der Waals surface area contributed by atoms with Gasteiger partial charge in [0.05, 0.1) is 6.61 Å². The van der Waals surface area contributed by atoms with E-state index in [1.807, 2.05) is 7.05 Å². The summed E-state index contributed by atoms with van der Waals surface area (Å²) in [5, 5.41) is 3.08. The molecule has 0 aliphatic carbocycles. The second kappa shape index (κ2) is 6.78. The third-order valence-corrected chi connectivity index (χ3v) is 1.26. The van der Waals surface area contributed by atoms with Crippen molar-refractivity contribution in [3.8, 4) is 0 Å². The van der Waals surface area contributed by atoms with Crippen LogP contribution in [-0.4, -0.2) is 27.3 Å². The molecule has 0 radical (unpaired) electrons. The number of hydrogen-bond acceptors (Lipinski definition) is 2. The zero-order valence-electron chi connectivity index (χ0n) is 7.11. The highest BCUT2D eigenvalue weighted by molar-refractivity contribution is 4.97. The van der Waals surface area contributed by atoms with Gasteiger partial charge in [-0.2, -0.15) is 0 Å². The predicted molar refractivity (Wildman–Crippen MR) is 44.2 cm³/mol. The van der Waals surface area contributed by atoms with Crippen LogP contribution in [0.3, 0.4) is 0 Å². The maximum Gasteiger partial charge on any atom is 0.0670 e. The molecule has 0 aliphatic heterocycles. The Labute approximate surface area is 63.3 Å². The molecule has 60 valence electrons. The van der Waals surface area contributed by atoms with Gasteiger partial charge >= 0.3 is 0 Å². The summed E-state index contributed by atoms with van der Waals surface area (Å²) in [6, 6.07) is 0. The average molecular weight is 143 g/mol. The highest BCUT2D eigenvalue weighted by atomic mass is 16.5. The molecule has 1 N–H and O–H groups in total. The average Bonchev–Trinajstić information content (AvgIpc) is 1.89. The Morgan fingerprint density at radius 3 is 2.80 bits per heavy atom. The molecule has 0 saturated heterocycles. The molecule has 0 bridgehead atoms. The molecular formula is C8H17NO. The SMILES string of the molecule is CNCCC=C(C)COC. The van der Waals surface area contributed by atoms with Crippen molar-refractivity contribution < 1.29 is 4.74 Å². The molecule has 0 heterocycles. The molecule has 0 aromatic carbocycles. The lowest BCUT2D eigenvalue weighted by molar-refractivity contribution is 0.225. The van der Waals surface area contributed by atoms with Crippen molar-refractivity contribution in [2.24, 2.45) is 0 Å². The van der Waals surface area contributed by atoms with E-state index in [2.05, 4.69) is 18.3 Å². The minimum Gasteiger partial charge on any atom is -0.380 e. The van der Waals surface area contributed by atoms with Gasteiger partial charge < -0.3 is 10.1 Å². The molecule has 0 spiro atoms. The summed E-state index contributed by atoms with van der Waals surface area (Å²) in [6.07, 6.45) is 3.28. The van der Waals surface area contributed by atoms with Crippen molar-refractivity contribution in [3.05, 3.63) is 11.6 Å². The van der Waals surface area contributed by atoms with Crippen LogP contribution < -0.4 is 5.32 Å². The van der Waals surface area contributed by atoms with E-state index < -0.39 is 0 Å². The number of methoxy groups -OCH3 is 1. The first kappa shape index (κ1) is 9.66. The van der Waals surface area contributed by atoms with E-state index in [1.54, 1.807) is 7.11 Å². The summed E-state index contributed by atoms with van der Waals surface area (Å²) >= 11 is 0. The van der Waals surface area contributed by atoms with Crippen LogP contribution in [0, 0.1) is 0 Å². The molecular weight excluding hydrogens is 126 g/mol. The molecule has 2 heteroatoms. The molecule has 0 atom stereocenters. The molecule has 0 aromatic heterocycles. The lowest BCUT2D eigenvalue weighted by Gasteiger charge is -1.98. The Hall–Kier alpha value is -0.340. The van der Waals surface area contributed by atoms with Crippen LogP contribution in [0.25, 0.3) is 0 Å². The fraction of sp³-hybridized carbons (Fsp3) is 0.750. The molecule has 0 amide bonds. The van der Waals surface area contributed by atoms with Gasteiger partial charge in [0, 0.05) is 7.11 Å². The van der Waals surface area contributed by atoms with Crippen molar-refractivity contribution in [1.29, 1.82) is 0 Å². The normalized spacial score (nSPS) is 12.1. The van der Waals surface area contributed by atoms with E-state index in [0.717, 1.165) is 19.6 Å². The first-order valence-corrected chi connectivity index (χ1v) is 3.60. The van der Waals surface area contributed by atoms with Crippen molar-refractivity contribution in [1.82, 2.24) is 5.32 Å². The second-order valence-corrected chi connectivity index (χ2v) is 2.38. The third kappa shape index (κ3) is 5.79. The quantitative estimate of drug-likeness (QED) is 0.461. The van der Waals surface area contributed by atoms with Gasteiger partial charge in [-0.15, -0.1) is 0 Å². The molecule has 0 saturated carbocycles. The first-order chi connectivity index (χ1) is 4.81. The van der Waals surface area contributed by atoms with E-state index in [4.69, 9.17) is 4.74 Å². The predicted octanol–water partition coefficient (Wildman–Crippen LogP) is 1.19. The van der Waals surface area contributed by atoms with E-state index in [1.165, 1.54) is 5.57 Å². The van der Waals surface area contributed by atoms with Gasteiger partial charge in [-0.05, 0) is 26.9 Å². The minimum atomic E-state index is 0.754. The second-order valence-electron chi connectivity index (χ2n) is 2.38. The molecule has 10 heavy (non-hydrogen) atoms. The Bertz CT molecular complexity index is 99.4. The monoisotopic (exact) mass is 143 g/mol. The smallest absolute Gasteiger partial charge is 0.0670 e. The van der Waals surface area contributed by atoms with Crippen LogP contribution in [-0.2, 0) is 4.74 Å². The summed E-state index contributed by atoms with van der Waals surface area (Å²) in [5.41, 5.74) is 1.30. The third-order valence-electron chi connectivity index (χ3n) is 1.26. The molecule has 0 aliphatic rings. The van der Waals surface area contributed by atoms with Crippen LogP contribution in [0.1, 0.15) is 13.3 Å². The number of hydrogen-bond donors (Lipinski definition) is 1. The van der Waals surface area contributed by atoms with Gasteiger partial charge in [0.25, 0.3) is 0 Å². The van der Waals surface area contributed by atoms with Crippen LogP contribution >= 0.6 is 0 Å². The maximum atomic E-state index is 4.95. The van der Waals surface area contributed by atoms with Crippen molar-refractivity contribution in [3.63, 3.8) is 0 Å². The van der Waals surface area contributed by atoms with E-state index >= 15 is 0 Å². The van der Waals surface area contributed by atoms with Crippen molar-refractivity contribution >= 4 is 0 Å². The highest BCUT2D eigenvalue weighted by Gasteiger charge is 1.85. The summed E-state index contributed by atoms with van der Waals surface area (Å²) in [5.74, 6) is 0. The molecule has 0 rings (SSSR count). The van der Waals surface area contributed by atoms with Gasteiger partial charge in [0.2, 0.25) is 0 Å². The van der Waals surface area contributed by atoms with Gasteiger partial charge in [-0.3, -0.25) is 0 Å². The van der Waals surface area contributed by atoms with Crippen molar-refractivity contribution in [2.45, 2.75) is 13.3 Å². The summed E-state index contributed by atoms with van der Waals surface area (Å²) in [7, 11) is 3.68. The largest absolute Gasteiger partial charge is 0.380 e. The van der Waals surface area contributed by atoms with Crippen molar-refractivity contribution in [2.75, 3.05) is 27.3 Å². The molecule has 2 nitrogen and oxygen atoms in total. The Morgan fingerprint density at radius 1 is 1.60 bits per heavy atom. The standard InChI is InChI=1S/C8H17NO/c1-8(7-10-3)5-4-6-9-2/h5,9H,4,6-7H2,1-3H3. The topological polar surface area (TPSA) is 21.3 Å². The zero-order valence-corrected chi connectivity index (χ0v) is 7.11.